The molecule has 1 aliphatic rings. The van der Waals surface area contributed by atoms with Gasteiger partial charge in [-0.1, -0.05) is 26.0 Å². The Morgan fingerprint density at radius 2 is 1.76 bits per heavy atom. The predicted molar refractivity (Wildman–Crippen MR) is 79.8 cm³/mol. The van der Waals surface area contributed by atoms with E-state index in [-0.39, 0.29) is 16.6 Å². The van der Waals surface area contributed by atoms with E-state index >= 15 is 0 Å². The molecule has 0 amide bonds. The van der Waals surface area contributed by atoms with Gasteiger partial charge in [-0.25, -0.2) is 8.42 Å². The van der Waals surface area contributed by atoms with Gasteiger partial charge in [0.05, 0.1) is 18.1 Å². The Bertz CT molecular complexity index is 587. The van der Waals surface area contributed by atoms with Gasteiger partial charge in [0, 0.05) is 25.1 Å². The molecule has 1 fully saturated rings. The van der Waals surface area contributed by atoms with Gasteiger partial charge < -0.3 is 4.74 Å². The zero-order valence-corrected chi connectivity index (χ0v) is 13.2. The molecule has 0 atom stereocenters. The topological polar surface area (TPSA) is 63.7 Å². The fourth-order valence-electron chi connectivity index (χ4n) is 2.24. The molecule has 6 heteroatoms. The number of ether oxygens (including phenoxy) is 1. The van der Waals surface area contributed by atoms with E-state index in [4.69, 9.17) is 4.74 Å². The van der Waals surface area contributed by atoms with Crippen LogP contribution in [0.15, 0.2) is 29.2 Å². The zero-order chi connectivity index (χ0) is 15.5. The highest BCUT2D eigenvalue weighted by Gasteiger charge is 2.26. The molecule has 5 nitrogen and oxygen atoms in total. The average Bonchev–Trinajstić information content (AvgIpc) is 2.47. The zero-order valence-electron chi connectivity index (χ0n) is 12.4. The summed E-state index contributed by atoms with van der Waals surface area (Å²) in [6.07, 6.45) is 0.468. The van der Waals surface area contributed by atoms with E-state index in [1.165, 1.54) is 16.4 Å². The van der Waals surface area contributed by atoms with Gasteiger partial charge >= 0.3 is 0 Å². The highest BCUT2D eigenvalue weighted by Crippen LogP contribution is 2.18. The Morgan fingerprint density at radius 1 is 1.19 bits per heavy atom. The van der Waals surface area contributed by atoms with E-state index in [1.54, 1.807) is 12.1 Å². The second-order valence-corrected chi connectivity index (χ2v) is 7.50. The number of ketones is 1. The minimum absolute atomic E-state index is 0.0420. The highest BCUT2D eigenvalue weighted by molar-refractivity contribution is 7.89. The Labute approximate surface area is 126 Å². The van der Waals surface area contributed by atoms with E-state index < -0.39 is 10.0 Å². The first kappa shape index (κ1) is 16.1. The average molecular weight is 311 g/mol. The second-order valence-electron chi connectivity index (χ2n) is 5.56. The highest BCUT2D eigenvalue weighted by atomic mass is 32.2. The maximum atomic E-state index is 12.4. The lowest BCUT2D eigenvalue weighted by atomic mass is 10.0. The summed E-state index contributed by atoms with van der Waals surface area (Å²) >= 11 is 0. The number of morpholine rings is 1. The normalized spacial score (nSPS) is 17.1. The molecule has 0 N–H and O–H groups in total. The number of benzene rings is 1. The first-order valence-corrected chi connectivity index (χ1v) is 8.56. The number of carbonyl (C=O) groups excluding carboxylic acids is 1. The Kier molecular flexibility index (Phi) is 5.13. The number of Topliss-reactive ketones (excluding diaryl/α,β-unsaturated/α-hetero) is 1. The van der Waals surface area contributed by atoms with Gasteiger partial charge in [0.2, 0.25) is 10.0 Å². The molecule has 21 heavy (non-hydrogen) atoms. The first-order chi connectivity index (χ1) is 9.91. The maximum Gasteiger partial charge on any atom is 0.243 e. The number of sulfonamides is 1. The second kappa shape index (κ2) is 6.68. The van der Waals surface area contributed by atoms with Crippen LogP contribution in [0.4, 0.5) is 0 Å². The summed E-state index contributed by atoms with van der Waals surface area (Å²) in [4.78, 5) is 12.2. The number of rotatable bonds is 5. The molecule has 116 valence electrons. The Hall–Kier alpha value is -1.24. The summed E-state index contributed by atoms with van der Waals surface area (Å²) in [7, 11) is -3.49. The van der Waals surface area contributed by atoms with Gasteiger partial charge in [0.15, 0.2) is 5.78 Å². The smallest absolute Gasteiger partial charge is 0.243 e. The summed E-state index contributed by atoms with van der Waals surface area (Å²) in [6, 6.07) is 6.22. The van der Waals surface area contributed by atoms with E-state index in [1.807, 2.05) is 13.8 Å². The fourth-order valence-corrected chi connectivity index (χ4v) is 3.65. The van der Waals surface area contributed by atoms with Crippen molar-refractivity contribution in [3.05, 3.63) is 29.8 Å². The molecule has 0 bridgehead atoms. The third-order valence-electron chi connectivity index (χ3n) is 3.38. The fraction of sp³-hybridized carbons (Fsp3) is 0.533. The summed E-state index contributed by atoms with van der Waals surface area (Å²) in [5, 5.41) is 0. The molecule has 0 aromatic heterocycles. The minimum Gasteiger partial charge on any atom is -0.379 e. The van der Waals surface area contributed by atoms with Gasteiger partial charge in [-0.2, -0.15) is 4.31 Å². The lowest BCUT2D eigenvalue weighted by molar-refractivity contribution is 0.0730. The molecule has 1 aromatic rings. The molecule has 0 aliphatic carbocycles. The minimum atomic E-state index is -3.49. The van der Waals surface area contributed by atoms with E-state index in [2.05, 4.69) is 0 Å². The van der Waals surface area contributed by atoms with Crippen LogP contribution in [-0.4, -0.2) is 44.8 Å². The van der Waals surface area contributed by atoms with E-state index in [9.17, 15) is 13.2 Å². The van der Waals surface area contributed by atoms with Gasteiger partial charge in [-0.05, 0) is 18.1 Å². The first-order valence-electron chi connectivity index (χ1n) is 7.12. The molecule has 0 unspecified atom stereocenters. The molecule has 1 aliphatic heterocycles. The van der Waals surface area contributed by atoms with Crippen LogP contribution in [0.25, 0.3) is 0 Å². The van der Waals surface area contributed by atoms with Crippen LogP contribution < -0.4 is 0 Å². The maximum absolute atomic E-state index is 12.4. The molecular weight excluding hydrogens is 290 g/mol. The van der Waals surface area contributed by atoms with Crippen molar-refractivity contribution >= 4 is 15.8 Å². The van der Waals surface area contributed by atoms with Crippen LogP contribution in [-0.2, 0) is 14.8 Å². The van der Waals surface area contributed by atoms with Crippen molar-refractivity contribution in [2.75, 3.05) is 26.3 Å². The molecule has 2 rings (SSSR count). The molecule has 0 radical (unpaired) electrons. The lowest BCUT2D eigenvalue weighted by Gasteiger charge is -2.26. The van der Waals surface area contributed by atoms with Crippen LogP contribution in [0.3, 0.4) is 0 Å². The molecule has 1 saturated heterocycles. The van der Waals surface area contributed by atoms with Crippen LogP contribution in [0.5, 0.6) is 0 Å². The van der Waals surface area contributed by atoms with Crippen LogP contribution in [0.1, 0.15) is 30.6 Å². The van der Waals surface area contributed by atoms with E-state index in [0.717, 1.165) is 0 Å². The van der Waals surface area contributed by atoms with Crippen molar-refractivity contribution in [2.45, 2.75) is 25.2 Å². The molecule has 1 aromatic carbocycles. The summed E-state index contributed by atoms with van der Waals surface area (Å²) in [5.41, 5.74) is 0.560. The van der Waals surface area contributed by atoms with Crippen LogP contribution in [0, 0.1) is 5.92 Å². The molecule has 0 saturated carbocycles. The monoisotopic (exact) mass is 311 g/mol. The van der Waals surface area contributed by atoms with E-state index in [0.29, 0.717) is 38.3 Å². The number of carbonyl (C=O) groups is 1. The summed E-state index contributed by atoms with van der Waals surface area (Å²) in [6.45, 7) is 5.55. The third kappa shape index (κ3) is 3.90. The Morgan fingerprint density at radius 3 is 2.29 bits per heavy atom. The van der Waals surface area contributed by atoms with Crippen LogP contribution in [0.2, 0.25) is 0 Å². The quantitative estimate of drug-likeness (QED) is 0.780. The number of hydrogen-bond donors (Lipinski definition) is 0. The number of hydrogen-bond acceptors (Lipinski definition) is 4. The van der Waals surface area contributed by atoms with Crippen molar-refractivity contribution in [1.29, 1.82) is 0 Å². The van der Waals surface area contributed by atoms with Crippen molar-refractivity contribution in [3.63, 3.8) is 0 Å². The summed E-state index contributed by atoms with van der Waals surface area (Å²) in [5.74, 6) is 0.328. The van der Waals surface area contributed by atoms with Crippen molar-refractivity contribution < 1.29 is 17.9 Å². The van der Waals surface area contributed by atoms with Gasteiger partial charge in [-0.3, -0.25) is 4.79 Å². The summed E-state index contributed by atoms with van der Waals surface area (Å²) < 4.78 is 31.4. The van der Waals surface area contributed by atoms with Gasteiger partial charge in [0.1, 0.15) is 0 Å². The number of nitrogens with zero attached hydrogens (tertiary/aromatic N) is 1. The van der Waals surface area contributed by atoms with Crippen molar-refractivity contribution in [1.82, 2.24) is 4.31 Å². The largest absolute Gasteiger partial charge is 0.379 e. The predicted octanol–water partition coefficient (Wildman–Crippen LogP) is 1.94. The molecular formula is C15H21NO4S. The van der Waals surface area contributed by atoms with Crippen LogP contribution >= 0.6 is 0 Å². The van der Waals surface area contributed by atoms with Gasteiger partial charge in [0.25, 0.3) is 0 Å². The molecule has 1 heterocycles. The van der Waals surface area contributed by atoms with Gasteiger partial charge in [-0.15, -0.1) is 0 Å². The van der Waals surface area contributed by atoms with Crippen molar-refractivity contribution in [3.8, 4) is 0 Å². The standard InChI is InChI=1S/C15H21NO4S/c1-12(2)11-15(17)13-3-5-14(6-4-13)21(18,19)16-7-9-20-10-8-16/h3-6,12H,7-11H2,1-2H3. The Balaban J connectivity index is 2.16. The SMILES string of the molecule is CC(C)CC(=O)c1ccc(S(=O)(=O)N2CCOCC2)cc1. The third-order valence-corrected chi connectivity index (χ3v) is 5.29. The lowest BCUT2D eigenvalue weighted by Crippen LogP contribution is -2.40. The molecule has 0 spiro atoms. The van der Waals surface area contributed by atoms with Crippen molar-refractivity contribution in [2.24, 2.45) is 5.92 Å².